The molecular formula is C23H27N5O3. The maximum atomic E-state index is 11.2. The van der Waals surface area contributed by atoms with E-state index in [1.165, 1.54) is 18.2 Å². The Labute approximate surface area is 182 Å². The van der Waals surface area contributed by atoms with Crippen molar-refractivity contribution in [2.75, 3.05) is 19.6 Å². The van der Waals surface area contributed by atoms with Crippen molar-refractivity contribution in [3.05, 3.63) is 94.1 Å². The maximum Gasteiger partial charge on any atom is 0.270 e. The lowest BCUT2D eigenvalue weighted by Gasteiger charge is -2.27. The van der Waals surface area contributed by atoms with Gasteiger partial charge in [-0.15, -0.1) is 0 Å². The fourth-order valence-electron chi connectivity index (χ4n) is 3.34. The molecule has 0 aliphatic rings. The van der Waals surface area contributed by atoms with Gasteiger partial charge in [-0.1, -0.05) is 19.1 Å². The van der Waals surface area contributed by atoms with Crippen molar-refractivity contribution < 1.29 is 10.0 Å². The van der Waals surface area contributed by atoms with Crippen molar-refractivity contribution in [2.45, 2.75) is 26.6 Å². The lowest BCUT2D eigenvalue weighted by molar-refractivity contribution is -0.385. The van der Waals surface area contributed by atoms with Gasteiger partial charge < -0.3 is 5.11 Å². The van der Waals surface area contributed by atoms with Gasteiger partial charge in [-0.25, -0.2) is 0 Å². The fourth-order valence-corrected chi connectivity index (χ4v) is 3.34. The van der Waals surface area contributed by atoms with Crippen molar-refractivity contribution in [1.29, 1.82) is 0 Å². The Morgan fingerprint density at radius 2 is 1.52 bits per heavy atom. The third-order valence-corrected chi connectivity index (χ3v) is 5.07. The van der Waals surface area contributed by atoms with Crippen molar-refractivity contribution >= 4 is 5.69 Å². The van der Waals surface area contributed by atoms with Gasteiger partial charge in [0.05, 0.1) is 16.3 Å². The molecule has 0 saturated carbocycles. The van der Waals surface area contributed by atoms with Gasteiger partial charge in [-0.2, -0.15) is 0 Å². The van der Waals surface area contributed by atoms with Crippen LogP contribution in [0.3, 0.4) is 0 Å². The van der Waals surface area contributed by atoms with Crippen LogP contribution in [0.25, 0.3) is 0 Å². The second-order valence-electron chi connectivity index (χ2n) is 7.29. The number of phenols is 1. The fraction of sp³-hybridized carbons (Fsp3) is 0.304. The average Bonchev–Trinajstić information content (AvgIpc) is 2.79. The van der Waals surface area contributed by atoms with Crippen LogP contribution in [0, 0.1) is 10.1 Å². The molecule has 3 aromatic rings. The number of likely N-dealkylation sites (N-methyl/N-ethyl adjacent to an activating group) is 1. The first-order valence-electron chi connectivity index (χ1n) is 10.3. The molecule has 8 nitrogen and oxygen atoms in total. The van der Waals surface area contributed by atoms with Gasteiger partial charge >= 0.3 is 0 Å². The molecule has 8 heteroatoms. The number of aromatic nitrogens is 2. The SMILES string of the molecule is CCN(CCN(Cc1ccccn1)Cc1cc([N+](=O)[O-])ccc1O)Cc1ccccn1. The number of phenolic OH excluding ortho intramolecular Hbond substituents is 1. The highest BCUT2D eigenvalue weighted by atomic mass is 16.6. The van der Waals surface area contributed by atoms with Crippen LogP contribution < -0.4 is 0 Å². The molecule has 1 aromatic carbocycles. The normalized spacial score (nSPS) is 11.2. The number of hydrogen-bond donors (Lipinski definition) is 1. The number of nitro benzene ring substituents is 1. The molecule has 0 atom stereocenters. The summed E-state index contributed by atoms with van der Waals surface area (Å²) in [6.45, 7) is 6.18. The smallest absolute Gasteiger partial charge is 0.270 e. The molecule has 0 saturated heterocycles. The Bertz CT molecular complexity index is 969. The van der Waals surface area contributed by atoms with Gasteiger partial charge in [0, 0.05) is 62.8 Å². The first kappa shape index (κ1) is 22.3. The van der Waals surface area contributed by atoms with Crippen LogP contribution in [0.4, 0.5) is 5.69 Å². The number of rotatable bonds is 11. The first-order valence-corrected chi connectivity index (χ1v) is 10.3. The zero-order chi connectivity index (χ0) is 22.1. The van der Waals surface area contributed by atoms with E-state index in [4.69, 9.17) is 0 Å². The Hall–Kier alpha value is -3.36. The predicted molar refractivity (Wildman–Crippen MR) is 118 cm³/mol. The second-order valence-corrected chi connectivity index (χ2v) is 7.29. The lowest BCUT2D eigenvalue weighted by atomic mass is 10.1. The molecule has 0 spiro atoms. The van der Waals surface area contributed by atoms with E-state index in [0.29, 0.717) is 25.2 Å². The van der Waals surface area contributed by atoms with E-state index < -0.39 is 4.92 Å². The van der Waals surface area contributed by atoms with Crippen LogP contribution in [0.5, 0.6) is 5.75 Å². The Morgan fingerprint density at radius 1 is 0.903 bits per heavy atom. The van der Waals surface area contributed by atoms with Gasteiger partial charge in [0.15, 0.2) is 0 Å². The van der Waals surface area contributed by atoms with Gasteiger partial charge in [0.2, 0.25) is 0 Å². The van der Waals surface area contributed by atoms with Crippen molar-refractivity contribution in [3.8, 4) is 5.75 Å². The quantitative estimate of drug-likeness (QED) is 0.373. The standard InChI is InChI=1S/C23H27N5O3/c1-2-26(17-20-7-3-5-11-24-20)13-14-27(18-21-8-4-6-12-25-21)16-19-15-22(28(30)31)9-10-23(19)29/h3-12,15,29H,2,13-14,16-18H2,1H3. The summed E-state index contributed by atoms with van der Waals surface area (Å²) in [6.07, 6.45) is 3.54. The van der Waals surface area contributed by atoms with E-state index >= 15 is 0 Å². The summed E-state index contributed by atoms with van der Waals surface area (Å²) in [6, 6.07) is 15.8. The molecule has 0 bridgehead atoms. The highest BCUT2D eigenvalue weighted by Gasteiger charge is 2.16. The summed E-state index contributed by atoms with van der Waals surface area (Å²) in [4.78, 5) is 24.0. The largest absolute Gasteiger partial charge is 0.508 e. The summed E-state index contributed by atoms with van der Waals surface area (Å²) >= 11 is 0. The van der Waals surface area contributed by atoms with E-state index in [9.17, 15) is 15.2 Å². The molecule has 2 heterocycles. The highest BCUT2D eigenvalue weighted by molar-refractivity contribution is 5.43. The molecule has 31 heavy (non-hydrogen) atoms. The Kier molecular flexibility index (Phi) is 8.03. The molecule has 3 rings (SSSR count). The zero-order valence-electron chi connectivity index (χ0n) is 17.6. The topological polar surface area (TPSA) is 95.6 Å². The maximum absolute atomic E-state index is 11.2. The molecule has 0 amide bonds. The minimum Gasteiger partial charge on any atom is -0.508 e. The van der Waals surface area contributed by atoms with Crippen molar-refractivity contribution in [3.63, 3.8) is 0 Å². The third-order valence-electron chi connectivity index (χ3n) is 5.07. The number of hydrogen-bond acceptors (Lipinski definition) is 7. The van der Waals surface area contributed by atoms with E-state index in [1.807, 2.05) is 36.4 Å². The molecule has 1 N–H and O–H groups in total. The molecule has 0 radical (unpaired) electrons. The number of nitro groups is 1. The van der Waals surface area contributed by atoms with Gasteiger partial charge in [0.25, 0.3) is 5.69 Å². The summed E-state index contributed by atoms with van der Waals surface area (Å²) in [7, 11) is 0. The van der Waals surface area contributed by atoms with E-state index in [0.717, 1.165) is 31.0 Å². The number of pyridine rings is 2. The minimum atomic E-state index is -0.447. The Balaban J connectivity index is 1.73. The molecule has 162 valence electrons. The van der Waals surface area contributed by atoms with E-state index in [-0.39, 0.29) is 11.4 Å². The van der Waals surface area contributed by atoms with Crippen LogP contribution in [-0.2, 0) is 19.6 Å². The lowest BCUT2D eigenvalue weighted by Crippen LogP contribution is -2.34. The highest BCUT2D eigenvalue weighted by Crippen LogP contribution is 2.24. The van der Waals surface area contributed by atoms with Crippen LogP contribution in [0.1, 0.15) is 23.9 Å². The molecule has 2 aromatic heterocycles. The molecular weight excluding hydrogens is 394 g/mol. The average molecular weight is 422 g/mol. The van der Waals surface area contributed by atoms with Crippen LogP contribution in [0.15, 0.2) is 67.0 Å². The van der Waals surface area contributed by atoms with E-state index in [1.54, 1.807) is 12.4 Å². The van der Waals surface area contributed by atoms with Gasteiger partial charge in [-0.3, -0.25) is 29.9 Å². The zero-order valence-corrected chi connectivity index (χ0v) is 17.6. The first-order chi connectivity index (χ1) is 15.0. The molecule has 0 fully saturated rings. The summed E-state index contributed by atoms with van der Waals surface area (Å²) < 4.78 is 0. The number of benzene rings is 1. The van der Waals surface area contributed by atoms with E-state index in [2.05, 4.69) is 26.7 Å². The van der Waals surface area contributed by atoms with Crippen molar-refractivity contribution in [2.24, 2.45) is 0 Å². The predicted octanol–water partition coefficient (Wildman–Crippen LogP) is 3.61. The number of non-ortho nitro benzene ring substituents is 1. The second kappa shape index (κ2) is 11.1. The minimum absolute atomic E-state index is 0.0316. The number of nitrogens with zero attached hydrogens (tertiary/aromatic N) is 5. The van der Waals surface area contributed by atoms with Gasteiger partial charge in [-0.05, 0) is 36.9 Å². The third kappa shape index (κ3) is 6.84. The number of aromatic hydroxyl groups is 1. The van der Waals surface area contributed by atoms with Crippen molar-refractivity contribution in [1.82, 2.24) is 19.8 Å². The summed E-state index contributed by atoms with van der Waals surface area (Å²) in [5.74, 6) is 0.0532. The summed E-state index contributed by atoms with van der Waals surface area (Å²) in [5, 5.41) is 21.4. The van der Waals surface area contributed by atoms with Crippen LogP contribution in [0.2, 0.25) is 0 Å². The van der Waals surface area contributed by atoms with Gasteiger partial charge in [0.1, 0.15) is 5.75 Å². The van der Waals surface area contributed by atoms with Crippen LogP contribution in [-0.4, -0.2) is 49.4 Å². The molecule has 0 aliphatic carbocycles. The molecule has 0 unspecified atom stereocenters. The Morgan fingerprint density at radius 3 is 2.06 bits per heavy atom. The van der Waals surface area contributed by atoms with Crippen LogP contribution >= 0.6 is 0 Å². The molecule has 0 aliphatic heterocycles. The summed E-state index contributed by atoms with van der Waals surface area (Å²) in [5.41, 5.74) is 2.41. The monoisotopic (exact) mass is 421 g/mol.